The van der Waals surface area contributed by atoms with Crippen LogP contribution in [0.2, 0.25) is 5.02 Å². The lowest BCUT2D eigenvalue weighted by Gasteiger charge is -2.21. The zero-order valence-electron chi connectivity index (χ0n) is 13.2. The Morgan fingerprint density at radius 3 is 2.50 bits per heavy atom. The molecule has 120 valence electrons. The van der Waals surface area contributed by atoms with Crippen molar-refractivity contribution in [2.24, 2.45) is 5.10 Å². The number of thiazole rings is 1. The van der Waals surface area contributed by atoms with Crippen molar-refractivity contribution < 1.29 is 0 Å². The van der Waals surface area contributed by atoms with Crippen LogP contribution in [0.5, 0.6) is 0 Å². The third kappa shape index (κ3) is 2.95. The summed E-state index contributed by atoms with van der Waals surface area (Å²) in [4.78, 5) is 4.63. The van der Waals surface area contributed by atoms with E-state index in [9.17, 15) is 0 Å². The summed E-state index contributed by atoms with van der Waals surface area (Å²) in [5, 5.41) is 10.7. The highest BCUT2D eigenvalue weighted by Gasteiger charge is 2.31. The van der Waals surface area contributed by atoms with E-state index < -0.39 is 0 Å². The second kappa shape index (κ2) is 6.38. The van der Waals surface area contributed by atoms with E-state index in [1.54, 1.807) is 11.3 Å². The van der Waals surface area contributed by atoms with Gasteiger partial charge < -0.3 is 0 Å². The second-order valence-electron chi connectivity index (χ2n) is 5.80. The summed E-state index contributed by atoms with van der Waals surface area (Å²) in [5.41, 5.74) is 4.46. The van der Waals surface area contributed by atoms with Crippen molar-refractivity contribution in [3.63, 3.8) is 0 Å². The average molecular weight is 354 g/mol. The Morgan fingerprint density at radius 1 is 1.08 bits per heavy atom. The predicted octanol–water partition coefficient (Wildman–Crippen LogP) is 5.46. The van der Waals surface area contributed by atoms with Crippen molar-refractivity contribution in [2.45, 2.75) is 19.4 Å². The summed E-state index contributed by atoms with van der Waals surface area (Å²) in [6.45, 7) is 2.01. The van der Waals surface area contributed by atoms with Gasteiger partial charge in [-0.1, -0.05) is 54.1 Å². The molecule has 0 aliphatic carbocycles. The highest BCUT2D eigenvalue weighted by atomic mass is 35.5. The van der Waals surface area contributed by atoms with Crippen molar-refractivity contribution in [3.05, 3.63) is 81.8 Å². The van der Waals surface area contributed by atoms with Crippen LogP contribution in [0.3, 0.4) is 0 Å². The minimum atomic E-state index is 0.142. The fourth-order valence-corrected chi connectivity index (χ4v) is 3.81. The number of aryl methyl sites for hydroxylation is 1. The van der Waals surface area contributed by atoms with Crippen LogP contribution in [0, 0.1) is 6.92 Å². The monoisotopic (exact) mass is 353 g/mol. The number of rotatable bonds is 3. The molecule has 0 spiro atoms. The van der Waals surface area contributed by atoms with Crippen LogP contribution in [0.25, 0.3) is 0 Å². The van der Waals surface area contributed by atoms with E-state index in [2.05, 4.69) is 34.6 Å². The van der Waals surface area contributed by atoms with Gasteiger partial charge in [-0.05, 0) is 30.2 Å². The lowest BCUT2D eigenvalue weighted by atomic mass is 9.99. The van der Waals surface area contributed by atoms with Crippen LogP contribution < -0.4 is 5.01 Å². The predicted molar refractivity (Wildman–Crippen MR) is 101 cm³/mol. The fraction of sp³-hybridized carbons (Fsp3) is 0.158. The molecule has 0 amide bonds. The minimum absolute atomic E-state index is 0.142. The molecule has 1 unspecified atom stereocenters. The van der Waals surface area contributed by atoms with Gasteiger partial charge >= 0.3 is 0 Å². The number of aromatic nitrogens is 1. The molecule has 2 heterocycles. The molecule has 0 saturated heterocycles. The lowest BCUT2D eigenvalue weighted by molar-refractivity contribution is 0.705. The number of halogens is 1. The van der Waals surface area contributed by atoms with Gasteiger partial charge in [-0.15, -0.1) is 11.3 Å². The van der Waals surface area contributed by atoms with Crippen LogP contribution in [-0.2, 0) is 0 Å². The number of nitrogens with zero attached hydrogens (tertiary/aromatic N) is 3. The standard InChI is InChI=1S/C19H16ClN3S/c1-13-12-24-19(21-13)23-18(15-7-9-16(20)10-8-15)11-17(22-23)14-5-3-2-4-6-14/h2-10,12,18H,11H2,1H3. The molecule has 3 nitrogen and oxygen atoms in total. The largest absolute Gasteiger partial charge is 0.231 e. The van der Waals surface area contributed by atoms with Crippen molar-refractivity contribution in [2.75, 3.05) is 5.01 Å². The zero-order valence-corrected chi connectivity index (χ0v) is 14.8. The number of benzene rings is 2. The molecule has 2 aromatic carbocycles. The molecule has 0 N–H and O–H groups in total. The summed E-state index contributed by atoms with van der Waals surface area (Å²) in [6.07, 6.45) is 0.851. The normalized spacial score (nSPS) is 17.2. The van der Waals surface area contributed by atoms with E-state index in [-0.39, 0.29) is 6.04 Å². The topological polar surface area (TPSA) is 28.5 Å². The van der Waals surface area contributed by atoms with E-state index in [4.69, 9.17) is 16.7 Å². The summed E-state index contributed by atoms with van der Waals surface area (Å²) < 4.78 is 0. The number of anilines is 1. The third-order valence-corrected chi connectivity index (χ3v) is 5.28. The van der Waals surface area contributed by atoms with E-state index in [0.29, 0.717) is 0 Å². The molecule has 0 fully saturated rings. The first-order valence-corrected chi connectivity index (χ1v) is 9.06. The molecule has 0 bridgehead atoms. The lowest BCUT2D eigenvalue weighted by Crippen LogP contribution is -2.18. The Bertz CT molecular complexity index is 871. The maximum Gasteiger partial charge on any atom is 0.206 e. The minimum Gasteiger partial charge on any atom is -0.231 e. The number of hydrogen-bond acceptors (Lipinski definition) is 4. The van der Waals surface area contributed by atoms with Crippen LogP contribution in [0.15, 0.2) is 65.1 Å². The second-order valence-corrected chi connectivity index (χ2v) is 7.07. The Hall–Kier alpha value is -2.17. The van der Waals surface area contributed by atoms with Gasteiger partial charge in [-0.2, -0.15) is 5.10 Å². The molecule has 1 aliphatic heterocycles. The zero-order chi connectivity index (χ0) is 16.5. The van der Waals surface area contributed by atoms with Crippen molar-refractivity contribution >= 4 is 33.8 Å². The molecule has 1 atom stereocenters. The highest BCUT2D eigenvalue weighted by molar-refractivity contribution is 7.13. The van der Waals surface area contributed by atoms with Gasteiger partial charge in [-0.25, -0.2) is 9.99 Å². The first-order valence-electron chi connectivity index (χ1n) is 7.80. The van der Waals surface area contributed by atoms with E-state index >= 15 is 0 Å². The Labute approximate surface area is 150 Å². The smallest absolute Gasteiger partial charge is 0.206 e. The van der Waals surface area contributed by atoms with E-state index in [1.807, 2.05) is 42.3 Å². The fourth-order valence-electron chi connectivity index (χ4n) is 2.88. The molecule has 5 heteroatoms. The quantitative estimate of drug-likeness (QED) is 0.625. The molecule has 0 saturated carbocycles. The summed E-state index contributed by atoms with van der Waals surface area (Å²) in [5.74, 6) is 0. The molecule has 24 heavy (non-hydrogen) atoms. The molecule has 1 aromatic heterocycles. The van der Waals surface area contributed by atoms with Crippen molar-refractivity contribution in [1.29, 1.82) is 0 Å². The van der Waals surface area contributed by atoms with E-state index in [1.165, 1.54) is 5.56 Å². The van der Waals surface area contributed by atoms with Gasteiger partial charge in [0, 0.05) is 16.8 Å². The average Bonchev–Trinajstić information content (AvgIpc) is 3.23. The van der Waals surface area contributed by atoms with Gasteiger partial charge in [0.25, 0.3) is 0 Å². The Balaban J connectivity index is 1.74. The third-order valence-electron chi connectivity index (χ3n) is 4.08. The molecular formula is C19H16ClN3S. The maximum atomic E-state index is 6.05. The molecule has 4 rings (SSSR count). The first kappa shape index (κ1) is 15.4. The number of hydrazone groups is 1. The van der Waals surface area contributed by atoms with Gasteiger partial charge in [0.15, 0.2) is 0 Å². The summed E-state index contributed by atoms with van der Waals surface area (Å²) >= 11 is 7.67. The Morgan fingerprint density at radius 2 is 1.83 bits per heavy atom. The molecule has 3 aromatic rings. The SMILES string of the molecule is Cc1csc(N2N=C(c3ccccc3)CC2c2ccc(Cl)cc2)n1. The molecule has 0 radical (unpaired) electrons. The highest BCUT2D eigenvalue weighted by Crippen LogP contribution is 2.38. The van der Waals surface area contributed by atoms with Crippen LogP contribution in [0.4, 0.5) is 5.13 Å². The number of hydrogen-bond donors (Lipinski definition) is 0. The van der Waals surface area contributed by atoms with Crippen LogP contribution in [0.1, 0.15) is 29.3 Å². The summed E-state index contributed by atoms with van der Waals surface area (Å²) in [7, 11) is 0. The van der Waals surface area contributed by atoms with Gasteiger partial charge in [0.1, 0.15) is 0 Å². The molecule has 1 aliphatic rings. The van der Waals surface area contributed by atoms with Crippen molar-refractivity contribution in [1.82, 2.24) is 4.98 Å². The molecular weight excluding hydrogens is 338 g/mol. The first-order chi connectivity index (χ1) is 11.7. The van der Waals surface area contributed by atoms with Gasteiger partial charge in [0.2, 0.25) is 5.13 Å². The van der Waals surface area contributed by atoms with Crippen LogP contribution >= 0.6 is 22.9 Å². The van der Waals surface area contributed by atoms with Gasteiger partial charge in [0.05, 0.1) is 17.4 Å². The maximum absolute atomic E-state index is 6.05. The van der Waals surface area contributed by atoms with Crippen LogP contribution in [-0.4, -0.2) is 10.7 Å². The van der Waals surface area contributed by atoms with Crippen molar-refractivity contribution in [3.8, 4) is 0 Å². The van der Waals surface area contributed by atoms with Gasteiger partial charge in [-0.3, -0.25) is 0 Å². The van der Waals surface area contributed by atoms with E-state index in [0.717, 1.165) is 33.5 Å². The Kier molecular flexibility index (Phi) is 4.08. The summed E-state index contributed by atoms with van der Waals surface area (Å²) in [6, 6.07) is 18.5.